The van der Waals surface area contributed by atoms with Gasteiger partial charge in [-0.25, -0.2) is 4.39 Å². The standard InChI is InChI=1S/C22H29FN2O3.CH2O2/c23-18-6-3-17(4-7-18)5-8-20(26)25-13-9-22(10-14-25)15-19(28-21(22)27)16-24-11-1-2-12-24;2-1-3/h3-4,6-7,19H,1-2,5,8-16H2;1H,(H,2,3). The summed E-state index contributed by atoms with van der Waals surface area (Å²) in [6.07, 6.45) is 5.70. The average Bonchev–Trinajstić information content (AvgIpc) is 3.37. The van der Waals surface area contributed by atoms with Crippen LogP contribution in [0.25, 0.3) is 0 Å². The van der Waals surface area contributed by atoms with Gasteiger partial charge in [-0.2, -0.15) is 0 Å². The van der Waals surface area contributed by atoms with Crippen molar-refractivity contribution < 1.29 is 28.6 Å². The minimum atomic E-state index is -0.391. The summed E-state index contributed by atoms with van der Waals surface area (Å²) in [6.45, 7) is 4.06. The fourth-order valence-corrected chi connectivity index (χ4v) is 4.85. The van der Waals surface area contributed by atoms with Crippen molar-refractivity contribution in [2.24, 2.45) is 5.41 Å². The third-order valence-electron chi connectivity index (χ3n) is 6.60. The zero-order chi connectivity index (χ0) is 22.3. The number of ether oxygens (including phenoxy) is 1. The average molecular weight is 435 g/mol. The third kappa shape index (κ3) is 6.03. The van der Waals surface area contributed by atoms with E-state index in [1.54, 1.807) is 12.1 Å². The second kappa shape index (κ2) is 10.7. The lowest BCUT2D eigenvalue weighted by Crippen LogP contribution is -2.45. The number of piperidine rings is 1. The van der Waals surface area contributed by atoms with Gasteiger partial charge < -0.3 is 14.7 Å². The zero-order valence-corrected chi connectivity index (χ0v) is 17.8. The molecular formula is C23H31FN2O5. The summed E-state index contributed by atoms with van der Waals surface area (Å²) in [5.41, 5.74) is 0.574. The van der Waals surface area contributed by atoms with Gasteiger partial charge in [0.2, 0.25) is 5.91 Å². The summed E-state index contributed by atoms with van der Waals surface area (Å²) in [5.74, 6) is -0.211. The minimum Gasteiger partial charge on any atom is -0.483 e. The van der Waals surface area contributed by atoms with Crippen LogP contribution in [0, 0.1) is 11.2 Å². The van der Waals surface area contributed by atoms with E-state index in [0.717, 1.165) is 31.6 Å². The maximum Gasteiger partial charge on any atom is 0.312 e. The lowest BCUT2D eigenvalue weighted by atomic mass is 9.76. The first-order valence-electron chi connectivity index (χ1n) is 11.0. The predicted molar refractivity (Wildman–Crippen MR) is 112 cm³/mol. The van der Waals surface area contributed by atoms with Crippen molar-refractivity contribution in [3.05, 3.63) is 35.6 Å². The summed E-state index contributed by atoms with van der Waals surface area (Å²) >= 11 is 0. The molecule has 3 fully saturated rings. The molecule has 3 aliphatic rings. The van der Waals surface area contributed by atoms with Crippen LogP contribution in [-0.4, -0.2) is 72.1 Å². The number of cyclic esters (lactones) is 1. The topological polar surface area (TPSA) is 87.2 Å². The molecule has 1 aromatic carbocycles. The molecule has 1 N–H and O–H groups in total. The van der Waals surface area contributed by atoms with Gasteiger partial charge in [-0.05, 0) is 62.9 Å². The number of amides is 1. The SMILES string of the molecule is O=C(CCc1ccc(F)cc1)N1CCC2(CC1)CC(CN1CCCC1)OC2=O.O=CO. The van der Waals surface area contributed by atoms with E-state index in [0.29, 0.717) is 38.8 Å². The molecule has 0 aromatic heterocycles. The Bertz CT molecular complexity index is 756. The Morgan fingerprint density at radius 1 is 1.16 bits per heavy atom. The maximum absolute atomic E-state index is 13.0. The van der Waals surface area contributed by atoms with Crippen LogP contribution in [0.15, 0.2) is 24.3 Å². The lowest BCUT2D eigenvalue weighted by Gasteiger charge is -2.36. The summed E-state index contributed by atoms with van der Waals surface area (Å²) in [5, 5.41) is 6.89. The Morgan fingerprint density at radius 3 is 2.39 bits per heavy atom. The van der Waals surface area contributed by atoms with Crippen molar-refractivity contribution in [3.63, 3.8) is 0 Å². The summed E-state index contributed by atoms with van der Waals surface area (Å²) < 4.78 is 18.7. The molecule has 1 spiro atoms. The first-order valence-corrected chi connectivity index (χ1v) is 11.0. The number of hydrogen-bond donors (Lipinski definition) is 1. The maximum atomic E-state index is 13.0. The van der Waals surface area contributed by atoms with Crippen LogP contribution in [0.1, 0.15) is 44.1 Å². The monoisotopic (exact) mass is 434 g/mol. The van der Waals surface area contributed by atoms with Crippen LogP contribution < -0.4 is 0 Å². The Kier molecular flexibility index (Phi) is 8.01. The van der Waals surface area contributed by atoms with Gasteiger partial charge in [0.05, 0.1) is 5.41 Å². The van der Waals surface area contributed by atoms with Gasteiger partial charge in [0, 0.05) is 32.5 Å². The summed E-state index contributed by atoms with van der Waals surface area (Å²) in [4.78, 5) is 37.7. The first kappa shape index (κ1) is 23.2. The number of nitrogens with zero attached hydrogens (tertiary/aromatic N) is 2. The van der Waals surface area contributed by atoms with E-state index in [-0.39, 0.29) is 30.3 Å². The van der Waals surface area contributed by atoms with E-state index in [1.165, 1.54) is 25.0 Å². The van der Waals surface area contributed by atoms with E-state index in [9.17, 15) is 14.0 Å². The molecule has 31 heavy (non-hydrogen) atoms. The van der Waals surface area contributed by atoms with E-state index in [4.69, 9.17) is 14.6 Å². The highest BCUT2D eigenvalue weighted by Gasteiger charge is 2.51. The van der Waals surface area contributed by atoms with Crippen molar-refractivity contribution in [1.29, 1.82) is 0 Å². The molecule has 7 nitrogen and oxygen atoms in total. The Balaban J connectivity index is 0.000000858. The lowest BCUT2D eigenvalue weighted by molar-refractivity contribution is -0.152. The minimum absolute atomic E-state index is 0.00586. The normalized spacial score (nSPS) is 22.7. The molecule has 3 aliphatic heterocycles. The van der Waals surface area contributed by atoms with Gasteiger partial charge in [0.25, 0.3) is 6.47 Å². The Labute approximate surface area is 182 Å². The zero-order valence-electron chi connectivity index (χ0n) is 17.8. The molecule has 0 radical (unpaired) electrons. The highest BCUT2D eigenvalue weighted by atomic mass is 19.1. The highest BCUT2D eigenvalue weighted by molar-refractivity contribution is 5.81. The van der Waals surface area contributed by atoms with Gasteiger partial charge in [0.1, 0.15) is 11.9 Å². The van der Waals surface area contributed by atoms with Gasteiger partial charge in [0.15, 0.2) is 0 Å². The highest BCUT2D eigenvalue weighted by Crippen LogP contribution is 2.43. The van der Waals surface area contributed by atoms with Crippen molar-refractivity contribution in [3.8, 4) is 0 Å². The second-order valence-corrected chi connectivity index (χ2v) is 8.63. The van der Waals surface area contributed by atoms with Crippen molar-refractivity contribution >= 4 is 18.3 Å². The van der Waals surface area contributed by atoms with Crippen molar-refractivity contribution in [1.82, 2.24) is 9.80 Å². The molecule has 3 heterocycles. The van der Waals surface area contributed by atoms with Crippen LogP contribution in [0.2, 0.25) is 0 Å². The van der Waals surface area contributed by atoms with Crippen molar-refractivity contribution in [2.75, 3.05) is 32.7 Å². The van der Waals surface area contributed by atoms with Crippen LogP contribution in [0.5, 0.6) is 0 Å². The van der Waals surface area contributed by atoms with E-state index >= 15 is 0 Å². The van der Waals surface area contributed by atoms with E-state index < -0.39 is 5.41 Å². The molecule has 4 rings (SSSR count). The molecule has 170 valence electrons. The number of hydrogen-bond acceptors (Lipinski definition) is 5. The quantitative estimate of drug-likeness (QED) is 0.566. The van der Waals surface area contributed by atoms with Crippen LogP contribution >= 0.6 is 0 Å². The first-order chi connectivity index (χ1) is 15.0. The van der Waals surface area contributed by atoms with E-state index in [2.05, 4.69) is 4.90 Å². The molecule has 1 amide bonds. The number of rotatable bonds is 5. The van der Waals surface area contributed by atoms with Gasteiger partial charge in [-0.15, -0.1) is 0 Å². The number of esters is 1. The van der Waals surface area contributed by atoms with Crippen LogP contribution in [0.4, 0.5) is 4.39 Å². The summed E-state index contributed by atoms with van der Waals surface area (Å²) in [7, 11) is 0. The third-order valence-corrected chi connectivity index (χ3v) is 6.60. The fourth-order valence-electron chi connectivity index (χ4n) is 4.85. The van der Waals surface area contributed by atoms with Gasteiger partial charge in [-0.3, -0.25) is 19.3 Å². The molecule has 0 saturated carbocycles. The summed E-state index contributed by atoms with van der Waals surface area (Å²) in [6, 6.07) is 6.30. The molecule has 0 bridgehead atoms. The molecular weight excluding hydrogens is 403 g/mol. The van der Waals surface area contributed by atoms with Crippen LogP contribution in [-0.2, 0) is 25.5 Å². The second-order valence-electron chi connectivity index (χ2n) is 8.63. The molecule has 3 saturated heterocycles. The number of aryl methyl sites for hydroxylation is 1. The van der Waals surface area contributed by atoms with Crippen molar-refractivity contribution in [2.45, 2.75) is 51.0 Å². The molecule has 8 heteroatoms. The number of likely N-dealkylation sites (tertiary alicyclic amines) is 2. The molecule has 1 atom stereocenters. The fraction of sp³-hybridized carbons (Fsp3) is 0.609. The van der Waals surface area contributed by atoms with Crippen LogP contribution in [0.3, 0.4) is 0 Å². The van der Waals surface area contributed by atoms with Gasteiger partial charge in [-0.1, -0.05) is 12.1 Å². The molecule has 1 aromatic rings. The number of benzene rings is 1. The number of carboxylic acid groups (broad SMARTS) is 1. The van der Waals surface area contributed by atoms with Gasteiger partial charge >= 0.3 is 5.97 Å². The molecule has 0 aliphatic carbocycles. The number of carbonyl (C=O) groups excluding carboxylic acids is 2. The largest absolute Gasteiger partial charge is 0.483 e. The Morgan fingerprint density at radius 2 is 1.77 bits per heavy atom. The number of carbonyl (C=O) groups is 3. The Hall–Kier alpha value is -2.48. The van der Waals surface area contributed by atoms with E-state index in [1.807, 2.05) is 4.90 Å². The number of halogens is 1. The smallest absolute Gasteiger partial charge is 0.312 e. The predicted octanol–water partition coefficient (Wildman–Crippen LogP) is 2.48. The molecule has 1 unspecified atom stereocenters.